The van der Waals surface area contributed by atoms with Crippen LogP contribution in [0.4, 0.5) is 5.82 Å². The standard InChI is InChI=1S/C10H18N4O2/c11-10-2-5-14(12-10)4-1-3-13-6-8(15)9(16)7-13/h2,5,8-9,15-16H,1,3-4,6-7H2,(H2,11,12). The zero-order chi connectivity index (χ0) is 11.5. The molecule has 16 heavy (non-hydrogen) atoms. The number of anilines is 1. The zero-order valence-electron chi connectivity index (χ0n) is 9.16. The van der Waals surface area contributed by atoms with Crippen molar-refractivity contribution in [3.05, 3.63) is 12.3 Å². The Bertz CT molecular complexity index is 331. The van der Waals surface area contributed by atoms with Crippen molar-refractivity contribution in [2.75, 3.05) is 25.4 Å². The predicted molar refractivity (Wildman–Crippen MR) is 59.7 cm³/mol. The van der Waals surface area contributed by atoms with Crippen LogP contribution < -0.4 is 5.73 Å². The van der Waals surface area contributed by atoms with Gasteiger partial charge in [0.2, 0.25) is 0 Å². The van der Waals surface area contributed by atoms with Gasteiger partial charge in [-0.25, -0.2) is 0 Å². The maximum atomic E-state index is 9.36. The number of hydrogen-bond donors (Lipinski definition) is 3. The van der Waals surface area contributed by atoms with Crippen LogP contribution in [0, 0.1) is 0 Å². The van der Waals surface area contributed by atoms with Gasteiger partial charge in [-0.3, -0.25) is 9.58 Å². The maximum Gasteiger partial charge on any atom is 0.145 e. The molecule has 2 heterocycles. The first kappa shape index (κ1) is 11.4. The van der Waals surface area contributed by atoms with E-state index in [0.717, 1.165) is 19.5 Å². The van der Waals surface area contributed by atoms with Gasteiger partial charge in [0.05, 0.1) is 12.2 Å². The minimum absolute atomic E-state index is 0.534. The molecule has 4 N–H and O–H groups in total. The molecule has 6 heteroatoms. The quantitative estimate of drug-likeness (QED) is 0.606. The van der Waals surface area contributed by atoms with E-state index in [4.69, 9.17) is 5.73 Å². The summed E-state index contributed by atoms with van der Waals surface area (Å²) in [6.45, 7) is 2.78. The van der Waals surface area contributed by atoms with Crippen LogP contribution >= 0.6 is 0 Å². The lowest BCUT2D eigenvalue weighted by Crippen LogP contribution is -2.24. The summed E-state index contributed by atoms with van der Waals surface area (Å²) >= 11 is 0. The molecule has 0 aromatic carbocycles. The monoisotopic (exact) mass is 226 g/mol. The van der Waals surface area contributed by atoms with Gasteiger partial charge in [-0.15, -0.1) is 0 Å². The molecule has 90 valence electrons. The number of nitrogens with zero attached hydrogens (tertiary/aromatic N) is 3. The number of hydrogen-bond acceptors (Lipinski definition) is 5. The van der Waals surface area contributed by atoms with E-state index in [0.29, 0.717) is 18.9 Å². The second-order valence-corrected chi connectivity index (χ2v) is 4.25. The molecule has 1 fully saturated rings. The highest BCUT2D eigenvalue weighted by Crippen LogP contribution is 2.10. The van der Waals surface area contributed by atoms with Gasteiger partial charge in [-0.2, -0.15) is 5.10 Å². The average molecular weight is 226 g/mol. The average Bonchev–Trinajstić information content (AvgIpc) is 2.75. The van der Waals surface area contributed by atoms with Gasteiger partial charge >= 0.3 is 0 Å². The largest absolute Gasteiger partial charge is 0.389 e. The summed E-state index contributed by atoms with van der Waals surface area (Å²) in [5, 5.41) is 22.8. The maximum absolute atomic E-state index is 9.36. The minimum atomic E-state index is -0.597. The molecule has 0 saturated carbocycles. The molecule has 1 saturated heterocycles. The summed E-state index contributed by atoms with van der Waals surface area (Å²) in [5.41, 5.74) is 5.50. The summed E-state index contributed by atoms with van der Waals surface area (Å²) in [6, 6.07) is 1.77. The Hall–Kier alpha value is -1.11. The molecule has 0 amide bonds. The van der Waals surface area contributed by atoms with Crippen LogP contribution in [-0.2, 0) is 6.54 Å². The molecule has 2 unspecified atom stereocenters. The van der Waals surface area contributed by atoms with Crippen LogP contribution in [0.2, 0.25) is 0 Å². The van der Waals surface area contributed by atoms with Crippen molar-refractivity contribution in [2.24, 2.45) is 0 Å². The van der Waals surface area contributed by atoms with Gasteiger partial charge in [0, 0.05) is 32.4 Å². The van der Waals surface area contributed by atoms with E-state index in [2.05, 4.69) is 10.00 Å². The molecule has 0 spiro atoms. The van der Waals surface area contributed by atoms with Crippen molar-refractivity contribution >= 4 is 5.82 Å². The summed E-state index contributed by atoms with van der Waals surface area (Å²) in [5.74, 6) is 0.534. The van der Waals surface area contributed by atoms with Crippen molar-refractivity contribution in [3.8, 4) is 0 Å². The molecule has 1 aliphatic heterocycles. The summed E-state index contributed by atoms with van der Waals surface area (Å²) < 4.78 is 1.80. The Balaban J connectivity index is 1.69. The first-order valence-electron chi connectivity index (χ1n) is 5.52. The van der Waals surface area contributed by atoms with Gasteiger partial charge in [0.15, 0.2) is 0 Å². The van der Waals surface area contributed by atoms with Crippen molar-refractivity contribution in [1.82, 2.24) is 14.7 Å². The first-order valence-corrected chi connectivity index (χ1v) is 5.52. The molecule has 2 rings (SSSR count). The molecule has 0 radical (unpaired) electrons. The minimum Gasteiger partial charge on any atom is -0.389 e. The zero-order valence-corrected chi connectivity index (χ0v) is 9.16. The third kappa shape index (κ3) is 2.72. The van der Waals surface area contributed by atoms with E-state index < -0.39 is 12.2 Å². The molecule has 0 bridgehead atoms. The SMILES string of the molecule is Nc1ccn(CCCN2CC(O)C(O)C2)n1. The predicted octanol–water partition coefficient (Wildman–Crippen LogP) is -1.11. The van der Waals surface area contributed by atoms with E-state index in [-0.39, 0.29) is 0 Å². The Kier molecular flexibility index (Phi) is 3.42. The van der Waals surface area contributed by atoms with E-state index in [1.165, 1.54) is 0 Å². The van der Waals surface area contributed by atoms with Crippen molar-refractivity contribution < 1.29 is 10.2 Å². The van der Waals surface area contributed by atoms with Crippen LogP contribution in [0.25, 0.3) is 0 Å². The molecule has 1 aromatic heterocycles. The highest BCUT2D eigenvalue weighted by molar-refractivity contribution is 5.23. The van der Waals surface area contributed by atoms with Crippen LogP contribution in [0.1, 0.15) is 6.42 Å². The fourth-order valence-electron chi connectivity index (χ4n) is 1.99. The number of aromatic nitrogens is 2. The lowest BCUT2D eigenvalue weighted by molar-refractivity contribution is 0.0572. The van der Waals surface area contributed by atoms with E-state index in [9.17, 15) is 10.2 Å². The van der Waals surface area contributed by atoms with E-state index >= 15 is 0 Å². The van der Waals surface area contributed by atoms with Gasteiger partial charge in [0.1, 0.15) is 5.82 Å². The molecule has 1 aliphatic rings. The fraction of sp³-hybridized carbons (Fsp3) is 0.700. The van der Waals surface area contributed by atoms with Gasteiger partial charge < -0.3 is 15.9 Å². The number of aliphatic hydroxyl groups excluding tert-OH is 2. The lowest BCUT2D eigenvalue weighted by atomic mass is 10.3. The third-order valence-corrected chi connectivity index (χ3v) is 2.86. The first-order chi connectivity index (χ1) is 7.65. The Labute approximate surface area is 94.3 Å². The molecule has 2 atom stereocenters. The summed E-state index contributed by atoms with van der Waals surface area (Å²) in [7, 11) is 0. The van der Waals surface area contributed by atoms with Crippen molar-refractivity contribution in [3.63, 3.8) is 0 Å². The number of rotatable bonds is 4. The fourth-order valence-corrected chi connectivity index (χ4v) is 1.99. The van der Waals surface area contributed by atoms with Crippen LogP contribution in [-0.4, -0.2) is 56.7 Å². The normalized spacial score (nSPS) is 26.4. The smallest absolute Gasteiger partial charge is 0.145 e. The number of nitrogens with two attached hydrogens (primary N) is 1. The van der Waals surface area contributed by atoms with Gasteiger partial charge in [0.25, 0.3) is 0 Å². The number of likely N-dealkylation sites (tertiary alicyclic amines) is 1. The number of β-amino-alcohol motifs (C(OH)–C–C–N with tert-alkyl or cyclic N) is 2. The number of aliphatic hydroxyl groups is 2. The molecule has 6 nitrogen and oxygen atoms in total. The van der Waals surface area contributed by atoms with Crippen LogP contribution in [0.5, 0.6) is 0 Å². The Morgan fingerprint density at radius 2 is 2.00 bits per heavy atom. The van der Waals surface area contributed by atoms with Gasteiger partial charge in [-0.05, 0) is 12.5 Å². The van der Waals surface area contributed by atoms with Crippen molar-refractivity contribution in [2.45, 2.75) is 25.2 Å². The lowest BCUT2D eigenvalue weighted by Gasteiger charge is -2.13. The van der Waals surface area contributed by atoms with Crippen molar-refractivity contribution in [1.29, 1.82) is 0 Å². The van der Waals surface area contributed by atoms with Crippen LogP contribution in [0.15, 0.2) is 12.3 Å². The molecular weight excluding hydrogens is 208 g/mol. The van der Waals surface area contributed by atoms with Gasteiger partial charge in [-0.1, -0.05) is 0 Å². The molecule has 1 aromatic rings. The second-order valence-electron chi connectivity index (χ2n) is 4.25. The second kappa shape index (κ2) is 4.82. The van der Waals surface area contributed by atoms with E-state index in [1.54, 1.807) is 10.7 Å². The summed E-state index contributed by atoms with van der Waals surface area (Å²) in [6.07, 6.45) is 1.59. The number of aryl methyl sites for hydroxylation is 1. The van der Waals surface area contributed by atoms with Crippen LogP contribution in [0.3, 0.4) is 0 Å². The number of nitrogen functional groups attached to an aromatic ring is 1. The molecule has 0 aliphatic carbocycles. The summed E-state index contributed by atoms with van der Waals surface area (Å²) in [4.78, 5) is 2.06. The van der Waals surface area contributed by atoms with E-state index in [1.807, 2.05) is 6.20 Å². The topological polar surface area (TPSA) is 87.5 Å². The Morgan fingerprint density at radius 1 is 1.31 bits per heavy atom. The highest BCUT2D eigenvalue weighted by atomic mass is 16.3. The third-order valence-electron chi connectivity index (χ3n) is 2.86. The Morgan fingerprint density at radius 3 is 2.56 bits per heavy atom. The molecular formula is C10H18N4O2. The highest BCUT2D eigenvalue weighted by Gasteiger charge is 2.28.